The molecular formula is C12H17ClN2OS. The van der Waals surface area contributed by atoms with Crippen molar-refractivity contribution in [1.82, 2.24) is 9.97 Å². The van der Waals surface area contributed by atoms with Gasteiger partial charge in [0.25, 0.3) is 0 Å². The average molecular weight is 273 g/mol. The van der Waals surface area contributed by atoms with E-state index in [0.29, 0.717) is 16.2 Å². The first-order valence-electron chi connectivity index (χ1n) is 5.92. The number of nitrogens with zero attached hydrogens (tertiary/aromatic N) is 2. The van der Waals surface area contributed by atoms with E-state index in [1.807, 2.05) is 6.26 Å². The monoisotopic (exact) mass is 272 g/mol. The molecule has 0 N–H and O–H groups in total. The molecule has 2 rings (SSSR count). The average Bonchev–Trinajstić information content (AvgIpc) is 2.31. The Hall–Kier alpha value is -0.480. The summed E-state index contributed by atoms with van der Waals surface area (Å²) in [5.41, 5.74) is 0. The lowest BCUT2D eigenvalue weighted by atomic mass is 9.89. The molecule has 0 spiro atoms. The Labute approximate surface area is 111 Å². The molecule has 0 aromatic carbocycles. The van der Waals surface area contributed by atoms with Gasteiger partial charge in [0.2, 0.25) is 5.88 Å². The van der Waals surface area contributed by atoms with Crippen LogP contribution in [0.15, 0.2) is 11.2 Å². The minimum Gasteiger partial charge on any atom is -0.474 e. The smallest absolute Gasteiger partial charge is 0.219 e. The highest BCUT2D eigenvalue weighted by Crippen LogP contribution is 2.27. The second kappa shape index (κ2) is 5.91. The highest BCUT2D eigenvalue weighted by atomic mass is 35.5. The Kier molecular flexibility index (Phi) is 4.51. The maximum Gasteiger partial charge on any atom is 0.219 e. The maximum absolute atomic E-state index is 5.93. The van der Waals surface area contributed by atoms with E-state index in [-0.39, 0.29) is 6.10 Å². The Morgan fingerprint density at radius 3 is 2.65 bits per heavy atom. The van der Waals surface area contributed by atoms with Gasteiger partial charge in [0.1, 0.15) is 11.3 Å². The van der Waals surface area contributed by atoms with Crippen LogP contribution in [0.25, 0.3) is 0 Å². The Bertz CT molecular complexity index is 381. The lowest BCUT2D eigenvalue weighted by molar-refractivity contribution is 0.129. The van der Waals surface area contributed by atoms with Gasteiger partial charge >= 0.3 is 0 Å². The molecule has 0 atom stereocenters. The normalized spacial score (nSPS) is 24.6. The predicted molar refractivity (Wildman–Crippen MR) is 70.9 cm³/mol. The summed E-state index contributed by atoms with van der Waals surface area (Å²) in [6.07, 6.45) is 6.90. The van der Waals surface area contributed by atoms with Crippen LogP contribution in [0.2, 0.25) is 5.15 Å². The predicted octanol–water partition coefficient (Wildman–Crippen LogP) is 3.81. The Morgan fingerprint density at radius 1 is 1.29 bits per heavy atom. The summed E-state index contributed by atoms with van der Waals surface area (Å²) in [6.45, 7) is 2.30. The maximum atomic E-state index is 5.93. The fourth-order valence-electron chi connectivity index (χ4n) is 2.05. The molecular weight excluding hydrogens is 256 g/mol. The first-order chi connectivity index (χ1) is 8.17. The summed E-state index contributed by atoms with van der Waals surface area (Å²) < 4.78 is 5.88. The van der Waals surface area contributed by atoms with E-state index in [9.17, 15) is 0 Å². The van der Waals surface area contributed by atoms with Crippen LogP contribution in [0.4, 0.5) is 0 Å². The second-order valence-corrected chi connectivity index (χ2v) is 5.68. The van der Waals surface area contributed by atoms with Crippen LogP contribution in [-0.2, 0) is 0 Å². The molecule has 1 heterocycles. The number of rotatable bonds is 3. The Morgan fingerprint density at radius 2 is 2.00 bits per heavy atom. The van der Waals surface area contributed by atoms with Crippen molar-refractivity contribution >= 4 is 23.4 Å². The summed E-state index contributed by atoms with van der Waals surface area (Å²) in [5.74, 6) is 1.43. The van der Waals surface area contributed by atoms with Gasteiger partial charge in [-0.2, -0.15) is 4.98 Å². The van der Waals surface area contributed by atoms with Crippen molar-refractivity contribution < 1.29 is 4.74 Å². The van der Waals surface area contributed by atoms with Gasteiger partial charge in [-0.15, -0.1) is 0 Å². The van der Waals surface area contributed by atoms with Crippen LogP contribution in [0, 0.1) is 5.92 Å². The van der Waals surface area contributed by atoms with E-state index in [4.69, 9.17) is 16.3 Å². The molecule has 94 valence electrons. The summed E-state index contributed by atoms with van der Waals surface area (Å²) in [5, 5.41) is 1.11. The summed E-state index contributed by atoms with van der Waals surface area (Å²) >= 11 is 7.40. The lowest BCUT2D eigenvalue weighted by Crippen LogP contribution is -2.23. The van der Waals surface area contributed by atoms with Crippen molar-refractivity contribution in [3.8, 4) is 5.88 Å². The highest BCUT2D eigenvalue weighted by molar-refractivity contribution is 7.98. The molecule has 0 unspecified atom stereocenters. The molecule has 1 fully saturated rings. The third kappa shape index (κ3) is 3.75. The van der Waals surface area contributed by atoms with E-state index >= 15 is 0 Å². The lowest BCUT2D eigenvalue weighted by Gasteiger charge is -2.26. The molecule has 0 radical (unpaired) electrons. The zero-order chi connectivity index (χ0) is 12.3. The van der Waals surface area contributed by atoms with Gasteiger partial charge in [-0.05, 0) is 37.9 Å². The Balaban J connectivity index is 2.00. The van der Waals surface area contributed by atoms with Gasteiger partial charge in [0, 0.05) is 6.07 Å². The molecule has 0 saturated heterocycles. The van der Waals surface area contributed by atoms with Crippen molar-refractivity contribution in [3.05, 3.63) is 11.2 Å². The number of aromatic nitrogens is 2. The van der Waals surface area contributed by atoms with E-state index in [1.54, 1.807) is 6.07 Å². The first-order valence-corrected chi connectivity index (χ1v) is 7.53. The van der Waals surface area contributed by atoms with Crippen LogP contribution in [0.3, 0.4) is 0 Å². The van der Waals surface area contributed by atoms with Gasteiger partial charge in [0.15, 0.2) is 5.16 Å². The molecule has 1 aliphatic carbocycles. The number of ether oxygens (including phenoxy) is 1. The first kappa shape index (κ1) is 13.0. The number of halogens is 1. The topological polar surface area (TPSA) is 35.0 Å². The van der Waals surface area contributed by atoms with Crippen LogP contribution in [0.5, 0.6) is 5.88 Å². The largest absolute Gasteiger partial charge is 0.474 e. The quantitative estimate of drug-likeness (QED) is 0.476. The molecule has 1 aliphatic rings. The third-order valence-corrected chi connectivity index (χ3v) is 3.83. The molecule has 1 saturated carbocycles. The third-order valence-electron chi connectivity index (χ3n) is 3.08. The number of hydrogen-bond acceptors (Lipinski definition) is 4. The molecule has 1 aromatic heterocycles. The van der Waals surface area contributed by atoms with E-state index < -0.39 is 0 Å². The zero-order valence-electron chi connectivity index (χ0n) is 10.1. The van der Waals surface area contributed by atoms with Gasteiger partial charge < -0.3 is 4.74 Å². The van der Waals surface area contributed by atoms with E-state index in [0.717, 1.165) is 18.8 Å². The molecule has 0 amide bonds. The van der Waals surface area contributed by atoms with Gasteiger partial charge in [-0.1, -0.05) is 30.3 Å². The van der Waals surface area contributed by atoms with Crippen molar-refractivity contribution in [1.29, 1.82) is 0 Å². The zero-order valence-corrected chi connectivity index (χ0v) is 11.7. The van der Waals surface area contributed by atoms with Gasteiger partial charge in [-0.3, -0.25) is 0 Å². The summed E-state index contributed by atoms with van der Waals surface area (Å²) in [7, 11) is 0. The fraction of sp³-hybridized carbons (Fsp3) is 0.667. The summed E-state index contributed by atoms with van der Waals surface area (Å²) in [4.78, 5) is 8.41. The van der Waals surface area contributed by atoms with Crippen molar-refractivity contribution in [2.45, 2.75) is 43.9 Å². The minimum atomic E-state index is 0.284. The van der Waals surface area contributed by atoms with E-state index in [1.165, 1.54) is 24.6 Å². The standard InChI is InChI=1S/C12H17ClN2OS/c1-8-3-5-9(6-4-8)16-11-7-10(13)14-12(15-11)17-2/h7-9H,3-6H2,1-2H3. The molecule has 17 heavy (non-hydrogen) atoms. The molecule has 0 bridgehead atoms. The minimum absolute atomic E-state index is 0.284. The van der Waals surface area contributed by atoms with Crippen molar-refractivity contribution in [3.63, 3.8) is 0 Å². The second-order valence-electron chi connectivity index (χ2n) is 4.52. The number of thioether (sulfide) groups is 1. The number of hydrogen-bond donors (Lipinski definition) is 0. The van der Waals surface area contributed by atoms with Crippen LogP contribution in [0.1, 0.15) is 32.6 Å². The van der Waals surface area contributed by atoms with E-state index in [2.05, 4.69) is 16.9 Å². The van der Waals surface area contributed by atoms with Crippen molar-refractivity contribution in [2.75, 3.05) is 6.26 Å². The van der Waals surface area contributed by atoms with Crippen LogP contribution < -0.4 is 4.74 Å². The highest BCUT2D eigenvalue weighted by Gasteiger charge is 2.20. The summed E-state index contributed by atoms with van der Waals surface area (Å²) in [6, 6.07) is 1.69. The van der Waals surface area contributed by atoms with Gasteiger partial charge in [0.05, 0.1) is 0 Å². The van der Waals surface area contributed by atoms with Crippen LogP contribution >= 0.6 is 23.4 Å². The van der Waals surface area contributed by atoms with Crippen molar-refractivity contribution in [2.24, 2.45) is 5.92 Å². The fourth-order valence-corrected chi connectivity index (χ4v) is 2.64. The molecule has 1 aromatic rings. The van der Waals surface area contributed by atoms with Gasteiger partial charge in [-0.25, -0.2) is 4.98 Å². The molecule has 3 nitrogen and oxygen atoms in total. The molecule has 5 heteroatoms. The SMILES string of the molecule is CSc1nc(Cl)cc(OC2CCC(C)CC2)n1. The molecule has 0 aliphatic heterocycles. The van der Waals surface area contributed by atoms with Crippen LogP contribution in [-0.4, -0.2) is 22.3 Å².